The molecule has 0 unspecified atom stereocenters. The van der Waals surface area contributed by atoms with Gasteiger partial charge in [-0.1, -0.05) is 0 Å². The van der Waals surface area contributed by atoms with Gasteiger partial charge < -0.3 is 20.1 Å². The third-order valence-corrected chi connectivity index (χ3v) is 5.05. The molecule has 0 saturated carbocycles. The molecular formula is C20H25FN4O7. The SMILES string of the molecule is CC(=O)NC[C@H]1CN(c2ccc(N3CCON(C(=O)CCC(=O)O)CC3)c(F)c2)C(=O)O1. The maximum absolute atomic E-state index is 14.9. The van der Waals surface area contributed by atoms with E-state index in [0.29, 0.717) is 24.5 Å². The Kier molecular flexibility index (Phi) is 7.46. The van der Waals surface area contributed by atoms with Gasteiger partial charge in [-0.2, -0.15) is 0 Å². The number of ether oxygens (including phenoxy) is 1. The Hall–Kier alpha value is -3.41. The van der Waals surface area contributed by atoms with E-state index in [1.54, 1.807) is 17.0 Å². The molecule has 3 amide bonds. The fraction of sp³-hybridized carbons (Fsp3) is 0.500. The van der Waals surface area contributed by atoms with Crippen molar-refractivity contribution in [1.29, 1.82) is 0 Å². The molecule has 0 spiro atoms. The molecule has 2 aliphatic rings. The van der Waals surface area contributed by atoms with Crippen LogP contribution in [0, 0.1) is 5.82 Å². The van der Waals surface area contributed by atoms with Gasteiger partial charge in [0.1, 0.15) is 11.9 Å². The van der Waals surface area contributed by atoms with Crippen molar-refractivity contribution in [2.75, 3.05) is 49.1 Å². The number of hydrogen-bond acceptors (Lipinski definition) is 7. The Morgan fingerprint density at radius 2 is 2.00 bits per heavy atom. The first-order valence-electron chi connectivity index (χ1n) is 10.2. The summed E-state index contributed by atoms with van der Waals surface area (Å²) in [5, 5.41) is 12.4. The number of hydrogen-bond donors (Lipinski definition) is 2. The van der Waals surface area contributed by atoms with Crippen LogP contribution in [0.5, 0.6) is 0 Å². The monoisotopic (exact) mass is 452 g/mol. The van der Waals surface area contributed by atoms with Crippen LogP contribution in [0.25, 0.3) is 0 Å². The number of nitrogens with one attached hydrogen (secondary N) is 1. The number of rotatable bonds is 7. The fourth-order valence-electron chi connectivity index (χ4n) is 3.44. The molecule has 1 aromatic rings. The van der Waals surface area contributed by atoms with Gasteiger partial charge in [-0.3, -0.25) is 24.1 Å². The van der Waals surface area contributed by atoms with Crippen LogP contribution in [0.2, 0.25) is 0 Å². The molecule has 1 aromatic carbocycles. The van der Waals surface area contributed by atoms with Crippen molar-refractivity contribution in [3.8, 4) is 0 Å². The molecule has 2 saturated heterocycles. The maximum Gasteiger partial charge on any atom is 0.414 e. The lowest BCUT2D eigenvalue weighted by Gasteiger charge is -2.24. The number of aliphatic carboxylic acids is 1. The summed E-state index contributed by atoms with van der Waals surface area (Å²) in [6.07, 6.45) is -1.61. The van der Waals surface area contributed by atoms with E-state index >= 15 is 0 Å². The number of nitrogens with zero attached hydrogens (tertiary/aromatic N) is 3. The van der Waals surface area contributed by atoms with Gasteiger partial charge >= 0.3 is 12.1 Å². The highest BCUT2D eigenvalue weighted by Crippen LogP contribution is 2.28. The van der Waals surface area contributed by atoms with E-state index in [-0.39, 0.29) is 45.0 Å². The zero-order valence-electron chi connectivity index (χ0n) is 17.6. The summed E-state index contributed by atoms with van der Waals surface area (Å²) < 4.78 is 20.1. The predicted octanol–water partition coefficient (Wildman–Crippen LogP) is 0.732. The number of halogens is 1. The van der Waals surface area contributed by atoms with Gasteiger partial charge in [-0.15, -0.1) is 0 Å². The largest absolute Gasteiger partial charge is 0.481 e. The molecule has 0 radical (unpaired) electrons. The summed E-state index contributed by atoms with van der Waals surface area (Å²) in [7, 11) is 0. The second-order valence-electron chi connectivity index (χ2n) is 7.40. The number of carboxylic acid groups (broad SMARTS) is 1. The highest BCUT2D eigenvalue weighted by Gasteiger charge is 2.33. The molecule has 2 aliphatic heterocycles. The van der Waals surface area contributed by atoms with Crippen LogP contribution in [-0.2, 0) is 24.0 Å². The lowest BCUT2D eigenvalue weighted by Crippen LogP contribution is -2.34. The van der Waals surface area contributed by atoms with Gasteiger partial charge in [0, 0.05) is 26.4 Å². The summed E-state index contributed by atoms with van der Waals surface area (Å²) in [6.45, 7) is 2.62. The molecule has 32 heavy (non-hydrogen) atoms. The zero-order valence-corrected chi connectivity index (χ0v) is 17.6. The topological polar surface area (TPSA) is 129 Å². The zero-order chi connectivity index (χ0) is 23.3. The standard InChI is InChI=1S/C20H25FN4O7/c1-13(26)22-11-15-12-24(20(30)32-15)14-2-3-17(16(21)10-14)23-6-7-25(31-9-8-23)18(27)4-5-19(28)29/h2-3,10,15H,4-9,11-12H2,1H3,(H,22,26)(H,28,29)/t15-/m0/s1. The van der Waals surface area contributed by atoms with Crippen molar-refractivity contribution in [1.82, 2.24) is 10.4 Å². The fourth-order valence-corrected chi connectivity index (χ4v) is 3.44. The van der Waals surface area contributed by atoms with Crippen molar-refractivity contribution in [2.45, 2.75) is 25.9 Å². The highest BCUT2D eigenvalue weighted by molar-refractivity contribution is 5.90. The molecule has 2 N–H and O–H groups in total. The molecule has 0 aromatic heterocycles. The molecule has 1 atom stereocenters. The maximum atomic E-state index is 14.9. The number of anilines is 2. The number of carbonyl (C=O) groups excluding carboxylic acids is 3. The Labute approximate surface area is 183 Å². The minimum absolute atomic E-state index is 0.128. The third kappa shape index (κ3) is 5.84. The number of hydroxylamine groups is 2. The summed E-state index contributed by atoms with van der Waals surface area (Å²) in [5.74, 6) is -2.29. The number of cyclic esters (lactones) is 1. The summed E-state index contributed by atoms with van der Waals surface area (Å²) in [4.78, 5) is 54.3. The van der Waals surface area contributed by atoms with Gasteiger partial charge in [0.25, 0.3) is 0 Å². The Morgan fingerprint density at radius 3 is 2.69 bits per heavy atom. The molecule has 11 nitrogen and oxygen atoms in total. The van der Waals surface area contributed by atoms with Crippen molar-refractivity contribution < 1.29 is 38.2 Å². The van der Waals surface area contributed by atoms with Crippen molar-refractivity contribution >= 4 is 35.3 Å². The van der Waals surface area contributed by atoms with Crippen LogP contribution < -0.4 is 15.1 Å². The minimum Gasteiger partial charge on any atom is -0.481 e. The molecule has 174 valence electrons. The van der Waals surface area contributed by atoms with Gasteiger partial charge in [0.15, 0.2) is 0 Å². The summed E-state index contributed by atoms with van der Waals surface area (Å²) in [5.41, 5.74) is 0.623. The lowest BCUT2D eigenvalue weighted by molar-refractivity contribution is -0.182. The van der Waals surface area contributed by atoms with Crippen LogP contribution in [0.3, 0.4) is 0 Å². The van der Waals surface area contributed by atoms with Crippen LogP contribution >= 0.6 is 0 Å². The highest BCUT2D eigenvalue weighted by atomic mass is 19.1. The number of carboxylic acids is 1. The number of amides is 3. The number of benzene rings is 1. The predicted molar refractivity (Wildman–Crippen MR) is 109 cm³/mol. The van der Waals surface area contributed by atoms with Crippen LogP contribution in [-0.4, -0.2) is 79.5 Å². The Morgan fingerprint density at radius 1 is 1.22 bits per heavy atom. The van der Waals surface area contributed by atoms with E-state index in [0.717, 1.165) is 5.06 Å². The Balaban J connectivity index is 1.61. The molecule has 12 heteroatoms. The quantitative estimate of drug-likeness (QED) is 0.620. The summed E-state index contributed by atoms with van der Waals surface area (Å²) >= 11 is 0. The smallest absolute Gasteiger partial charge is 0.414 e. The van der Waals surface area contributed by atoms with Crippen molar-refractivity contribution in [3.05, 3.63) is 24.0 Å². The number of carbonyl (C=O) groups is 4. The normalized spacial score (nSPS) is 18.9. The van der Waals surface area contributed by atoms with Gasteiger partial charge in [-0.05, 0) is 18.2 Å². The van der Waals surface area contributed by atoms with E-state index in [1.807, 2.05) is 0 Å². The average Bonchev–Trinajstić information content (AvgIpc) is 2.94. The van der Waals surface area contributed by atoms with Crippen molar-refractivity contribution in [2.24, 2.45) is 0 Å². The first kappa shape index (κ1) is 23.3. The van der Waals surface area contributed by atoms with Gasteiger partial charge in [0.05, 0.1) is 44.0 Å². The summed E-state index contributed by atoms with van der Waals surface area (Å²) in [6, 6.07) is 4.38. The van der Waals surface area contributed by atoms with Crippen molar-refractivity contribution in [3.63, 3.8) is 0 Å². The molecule has 2 fully saturated rings. The molecule has 2 heterocycles. The molecule has 0 aliphatic carbocycles. The Bertz CT molecular complexity index is 897. The third-order valence-electron chi connectivity index (χ3n) is 5.05. The van der Waals surface area contributed by atoms with E-state index in [2.05, 4.69) is 5.32 Å². The van der Waals surface area contributed by atoms with Crippen LogP contribution in [0.15, 0.2) is 18.2 Å². The lowest BCUT2D eigenvalue weighted by atomic mass is 10.2. The van der Waals surface area contributed by atoms with Gasteiger partial charge in [-0.25, -0.2) is 14.2 Å². The average molecular weight is 452 g/mol. The molecule has 3 rings (SSSR count). The first-order chi connectivity index (χ1) is 15.2. The van der Waals surface area contributed by atoms with E-state index in [4.69, 9.17) is 14.7 Å². The second-order valence-corrected chi connectivity index (χ2v) is 7.40. The first-order valence-corrected chi connectivity index (χ1v) is 10.2. The minimum atomic E-state index is -1.07. The van der Waals surface area contributed by atoms with Gasteiger partial charge in [0.2, 0.25) is 11.8 Å². The molecular weight excluding hydrogens is 427 g/mol. The van der Waals surface area contributed by atoms with E-state index in [9.17, 15) is 23.6 Å². The second kappa shape index (κ2) is 10.3. The van der Waals surface area contributed by atoms with Crippen LogP contribution in [0.4, 0.5) is 20.6 Å². The van der Waals surface area contributed by atoms with E-state index in [1.165, 1.54) is 17.9 Å². The van der Waals surface area contributed by atoms with E-state index < -0.39 is 29.9 Å². The molecule has 0 bridgehead atoms. The van der Waals surface area contributed by atoms with Crippen LogP contribution in [0.1, 0.15) is 19.8 Å².